The summed E-state index contributed by atoms with van der Waals surface area (Å²) in [6.07, 6.45) is 3.74. The second kappa shape index (κ2) is 7.79. The minimum atomic E-state index is -1.05. The minimum Gasteiger partial charge on any atom is -0.395 e. The SMILES string of the molecule is CC(CO)NSc1c(Cl)c(C(=O)Nc2ccc(F)c(F)c2)n2c1C=CC2. The lowest BCUT2D eigenvalue weighted by Crippen LogP contribution is -2.22. The van der Waals surface area contributed by atoms with Gasteiger partial charge in [-0.2, -0.15) is 0 Å². The molecule has 2 aromatic rings. The number of carbonyl (C=O) groups excluding carboxylic acids is 1. The average Bonchev–Trinajstić information content (AvgIpc) is 3.16. The van der Waals surface area contributed by atoms with Crippen LogP contribution in [0.15, 0.2) is 29.2 Å². The maximum absolute atomic E-state index is 13.3. The first kappa shape index (κ1) is 18.9. The lowest BCUT2D eigenvalue weighted by Gasteiger charge is -2.09. The topological polar surface area (TPSA) is 66.3 Å². The predicted molar refractivity (Wildman–Crippen MR) is 98.3 cm³/mol. The molecule has 0 saturated heterocycles. The number of aliphatic hydroxyl groups excluding tert-OH is 1. The zero-order valence-electron chi connectivity index (χ0n) is 13.7. The maximum atomic E-state index is 13.3. The van der Waals surface area contributed by atoms with Gasteiger partial charge in [-0.1, -0.05) is 17.7 Å². The number of nitrogens with zero attached hydrogens (tertiary/aromatic N) is 1. The van der Waals surface area contributed by atoms with Gasteiger partial charge in [0.25, 0.3) is 5.91 Å². The fraction of sp³-hybridized carbons (Fsp3) is 0.235. The quantitative estimate of drug-likeness (QED) is 0.648. The molecule has 1 aromatic heterocycles. The van der Waals surface area contributed by atoms with Crippen molar-refractivity contribution in [2.45, 2.75) is 24.4 Å². The molecule has 1 amide bonds. The van der Waals surface area contributed by atoms with Gasteiger partial charge in [0.05, 0.1) is 22.2 Å². The van der Waals surface area contributed by atoms with Crippen LogP contribution >= 0.6 is 23.5 Å². The third kappa shape index (κ3) is 3.64. The summed E-state index contributed by atoms with van der Waals surface area (Å²) in [7, 11) is 0. The molecule has 1 aliphatic rings. The molecule has 5 nitrogen and oxygen atoms in total. The van der Waals surface area contributed by atoms with E-state index in [1.165, 1.54) is 18.0 Å². The van der Waals surface area contributed by atoms with E-state index in [4.69, 9.17) is 16.7 Å². The molecular formula is C17H16ClF2N3O2S. The van der Waals surface area contributed by atoms with E-state index in [1.54, 1.807) is 4.57 Å². The molecular weight excluding hydrogens is 384 g/mol. The Morgan fingerprint density at radius 3 is 2.88 bits per heavy atom. The molecule has 1 aliphatic heterocycles. The fourth-order valence-electron chi connectivity index (χ4n) is 2.49. The highest BCUT2D eigenvalue weighted by Gasteiger charge is 2.27. The van der Waals surface area contributed by atoms with Crippen LogP contribution < -0.4 is 10.0 Å². The normalized spacial score (nSPS) is 13.7. The van der Waals surface area contributed by atoms with Crippen molar-refractivity contribution in [1.82, 2.24) is 9.29 Å². The Bertz CT molecular complexity index is 885. The lowest BCUT2D eigenvalue weighted by molar-refractivity contribution is 0.101. The molecule has 138 valence electrons. The number of nitrogens with one attached hydrogen (secondary N) is 2. The molecule has 2 heterocycles. The molecule has 26 heavy (non-hydrogen) atoms. The summed E-state index contributed by atoms with van der Waals surface area (Å²) in [5.74, 6) is -2.56. The van der Waals surface area contributed by atoms with E-state index in [0.29, 0.717) is 11.4 Å². The maximum Gasteiger partial charge on any atom is 0.273 e. The van der Waals surface area contributed by atoms with Crippen LogP contribution in [0.5, 0.6) is 0 Å². The molecule has 0 bridgehead atoms. The summed E-state index contributed by atoms with van der Waals surface area (Å²) in [6.45, 7) is 2.25. The second-order valence-electron chi connectivity index (χ2n) is 5.78. The summed E-state index contributed by atoms with van der Waals surface area (Å²) in [5.41, 5.74) is 1.14. The van der Waals surface area contributed by atoms with Crippen LogP contribution in [0.25, 0.3) is 6.08 Å². The Balaban J connectivity index is 1.88. The standard InChI is InChI=1S/C17H16ClF2N3O2S/c1-9(8-24)22-26-16-13-3-2-6-23(13)15(14(16)18)17(25)21-10-4-5-11(19)12(20)7-10/h2-5,7,9,22,24H,6,8H2,1H3,(H,21,25). The molecule has 0 fully saturated rings. The van der Waals surface area contributed by atoms with Crippen molar-refractivity contribution in [2.75, 3.05) is 11.9 Å². The molecule has 1 unspecified atom stereocenters. The molecule has 0 spiro atoms. The Labute approximate surface area is 158 Å². The van der Waals surface area contributed by atoms with Gasteiger partial charge in [0.1, 0.15) is 5.69 Å². The number of fused-ring (bicyclic) bond motifs is 1. The van der Waals surface area contributed by atoms with Crippen LogP contribution in [-0.4, -0.2) is 28.2 Å². The van der Waals surface area contributed by atoms with E-state index in [1.807, 2.05) is 19.1 Å². The van der Waals surface area contributed by atoms with Gasteiger partial charge in [-0.05, 0) is 37.1 Å². The molecule has 1 atom stereocenters. The van der Waals surface area contributed by atoms with Crippen molar-refractivity contribution < 1.29 is 18.7 Å². The van der Waals surface area contributed by atoms with E-state index in [-0.39, 0.29) is 29.1 Å². The van der Waals surface area contributed by atoms with Crippen LogP contribution in [0.3, 0.4) is 0 Å². The van der Waals surface area contributed by atoms with Crippen molar-refractivity contribution >= 4 is 41.2 Å². The highest BCUT2D eigenvalue weighted by molar-refractivity contribution is 7.97. The van der Waals surface area contributed by atoms with Gasteiger partial charge < -0.3 is 15.0 Å². The van der Waals surface area contributed by atoms with E-state index < -0.39 is 17.5 Å². The van der Waals surface area contributed by atoms with Gasteiger partial charge in [0.15, 0.2) is 11.6 Å². The van der Waals surface area contributed by atoms with E-state index in [0.717, 1.165) is 17.8 Å². The van der Waals surface area contributed by atoms with Crippen molar-refractivity contribution in [3.05, 3.63) is 52.3 Å². The highest BCUT2D eigenvalue weighted by atomic mass is 35.5. The number of halogens is 3. The summed E-state index contributed by atoms with van der Waals surface area (Å²) < 4.78 is 31.2. The van der Waals surface area contributed by atoms with Crippen molar-refractivity contribution in [2.24, 2.45) is 0 Å². The number of aliphatic hydroxyl groups is 1. The largest absolute Gasteiger partial charge is 0.395 e. The predicted octanol–water partition coefficient (Wildman–Crippen LogP) is 3.68. The monoisotopic (exact) mass is 399 g/mol. The van der Waals surface area contributed by atoms with Crippen LogP contribution in [0.1, 0.15) is 23.1 Å². The van der Waals surface area contributed by atoms with E-state index in [2.05, 4.69) is 10.0 Å². The minimum absolute atomic E-state index is 0.0417. The van der Waals surface area contributed by atoms with Gasteiger partial charge in [-0.25, -0.2) is 8.78 Å². The first-order valence-electron chi connectivity index (χ1n) is 7.80. The van der Waals surface area contributed by atoms with Crippen molar-refractivity contribution in [3.63, 3.8) is 0 Å². The molecule has 0 aliphatic carbocycles. The van der Waals surface area contributed by atoms with Crippen LogP contribution in [0.2, 0.25) is 5.02 Å². The van der Waals surface area contributed by atoms with Gasteiger partial charge in [-0.3, -0.25) is 9.52 Å². The van der Waals surface area contributed by atoms with Crippen LogP contribution in [0, 0.1) is 11.6 Å². The molecule has 3 N–H and O–H groups in total. The first-order chi connectivity index (χ1) is 12.4. The summed E-state index contributed by atoms with van der Waals surface area (Å²) >= 11 is 7.65. The summed E-state index contributed by atoms with van der Waals surface area (Å²) in [6, 6.07) is 2.97. The molecule has 3 rings (SSSR count). The van der Waals surface area contributed by atoms with Gasteiger partial charge in [-0.15, -0.1) is 0 Å². The van der Waals surface area contributed by atoms with Gasteiger partial charge in [0.2, 0.25) is 0 Å². The summed E-state index contributed by atoms with van der Waals surface area (Å²) in [4.78, 5) is 13.3. The Hall–Kier alpha value is -1.87. The fourth-order valence-corrected chi connectivity index (χ4v) is 3.75. The lowest BCUT2D eigenvalue weighted by atomic mass is 10.3. The van der Waals surface area contributed by atoms with Gasteiger partial charge >= 0.3 is 0 Å². The van der Waals surface area contributed by atoms with Crippen LogP contribution in [0.4, 0.5) is 14.5 Å². The number of carbonyl (C=O) groups is 1. The zero-order chi connectivity index (χ0) is 18.8. The number of amides is 1. The smallest absolute Gasteiger partial charge is 0.273 e. The number of benzene rings is 1. The number of rotatable bonds is 6. The molecule has 9 heteroatoms. The Morgan fingerprint density at radius 1 is 1.42 bits per heavy atom. The summed E-state index contributed by atoms with van der Waals surface area (Å²) in [5, 5.41) is 11.9. The Kier molecular flexibility index (Phi) is 5.67. The number of allylic oxidation sites excluding steroid dienone is 1. The third-order valence-electron chi connectivity index (χ3n) is 3.79. The number of hydrogen-bond donors (Lipinski definition) is 3. The molecule has 0 saturated carbocycles. The highest BCUT2D eigenvalue weighted by Crippen LogP contribution is 2.38. The van der Waals surface area contributed by atoms with Crippen molar-refractivity contribution in [1.29, 1.82) is 0 Å². The third-order valence-corrected chi connectivity index (χ3v) is 5.41. The van der Waals surface area contributed by atoms with Crippen molar-refractivity contribution in [3.8, 4) is 0 Å². The second-order valence-corrected chi connectivity index (χ2v) is 7.00. The molecule has 0 radical (unpaired) electrons. The number of aromatic nitrogens is 1. The number of hydrogen-bond acceptors (Lipinski definition) is 4. The first-order valence-corrected chi connectivity index (χ1v) is 9.00. The zero-order valence-corrected chi connectivity index (χ0v) is 15.3. The number of anilines is 1. The van der Waals surface area contributed by atoms with E-state index >= 15 is 0 Å². The Morgan fingerprint density at radius 2 is 2.19 bits per heavy atom. The van der Waals surface area contributed by atoms with Crippen LogP contribution in [-0.2, 0) is 6.54 Å². The molecule has 1 aromatic carbocycles. The van der Waals surface area contributed by atoms with Gasteiger partial charge in [0, 0.05) is 24.3 Å². The van der Waals surface area contributed by atoms with E-state index in [9.17, 15) is 13.6 Å². The average molecular weight is 400 g/mol.